The highest BCUT2D eigenvalue weighted by Crippen LogP contribution is 2.59. The van der Waals surface area contributed by atoms with Crippen molar-refractivity contribution >= 4 is 5.70 Å². The summed E-state index contributed by atoms with van der Waals surface area (Å²) in [6.07, 6.45) is 34.2. The minimum atomic E-state index is -0.283. The van der Waals surface area contributed by atoms with Crippen molar-refractivity contribution in [3.63, 3.8) is 0 Å². The van der Waals surface area contributed by atoms with E-state index in [2.05, 4.69) is 62.2 Å². The molecular weight excluding hydrogens is 478 g/mol. The van der Waals surface area contributed by atoms with Gasteiger partial charge in [0.2, 0.25) is 0 Å². The number of rotatable bonds is 12. The van der Waals surface area contributed by atoms with E-state index in [-0.39, 0.29) is 10.8 Å². The van der Waals surface area contributed by atoms with Gasteiger partial charge in [-0.1, -0.05) is 95.9 Å². The number of hydrogen-bond acceptors (Lipinski definition) is 3. The molecule has 0 aliphatic heterocycles. The van der Waals surface area contributed by atoms with Crippen LogP contribution in [0.2, 0.25) is 0 Å². The first-order valence-electron chi connectivity index (χ1n) is 15.0. The van der Waals surface area contributed by atoms with Gasteiger partial charge >= 0.3 is 0 Å². The van der Waals surface area contributed by atoms with Gasteiger partial charge in [-0.05, 0) is 72.3 Å². The first kappa shape index (κ1) is 27.3. The van der Waals surface area contributed by atoms with Crippen LogP contribution < -0.4 is 0 Å². The molecule has 4 heteroatoms. The molecule has 39 heavy (non-hydrogen) atoms. The number of fused-ring (bicyclic) bond motifs is 4. The molecule has 4 aliphatic rings. The normalized spacial score (nSPS) is 25.1. The molecule has 1 heterocycles. The fraction of sp³-hybridized carbons (Fsp3) is 0.486. The van der Waals surface area contributed by atoms with Gasteiger partial charge in [0.05, 0.1) is 5.41 Å². The highest BCUT2D eigenvalue weighted by atomic mass is 16.3. The maximum atomic E-state index is 10.2. The molecule has 0 bridgehead atoms. The van der Waals surface area contributed by atoms with Gasteiger partial charge in [-0.15, -0.1) is 0 Å². The minimum Gasteiger partial charge on any atom is -0.508 e. The first-order valence-corrected chi connectivity index (χ1v) is 15.0. The van der Waals surface area contributed by atoms with Crippen LogP contribution in [0, 0.1) is 22.2 Å². The number of nitrogens with zero attached hydrogens (tertiary/aromatic N) is 3. The second-order valence-electron chi connectivity index (χ2n) is 12.1. The van der Waals surface area contributed by atoms with E-state index in [0.717, 1.165) is 18.5 Å². The summed E-state index contributed by atoms with van der Waals surface area (Å²) in [6.45, 7) is 6.88. The van der Waals surface area contributed by atoms with Crippen LogP contribution in [-0.4, -0.2) is 14.7 Å². The fourth-order valence-corrected chi connectivity index (χ4v) is 6.93. The Morgan fingerprint density at radius 3 is 2.38 bits per heavy atom. The molecule has 1 N–H and O–H groups in total. The third-order valence-corrected chi connectivity index (χ3v) is 9.29. The summed E-state index contributed by atoms with van der Waals surface area (Å²) in [5, 5.41) is 19.6. The van der Waals surface area contributed by atoms with Gasteiger partial charge in [-0.2, -0.15) is 5.26 Å². The van der Waals surface area contributed by atoms with Gasteiger partial charge < -0.3 is 9.67 Å². The zero-order valence-electron chi connectivity index (χ0n) is 24.0. The van der Waals surface area contributed by atoms with Gasteiger partial charge in [-0.3, -0.25) is 0 Å². The predicted molar refractivity (Wildman–Crippen MR) is 160 cm³/mol. The van der Waals surface area contributed by atoms with Crippen molar-refractivity contribution in [2.24, 2.45) is 10.8 Å². The van der Waals surface area contributed by atoms with Crippen molar-refractivity contribution in [1.82, 2.24) is 9.55 Å². The van der Waals surface area contributed by atoms with Crippen LogP contribution in [-0.2, 0) is 0 Å². The average Bonchev–Trinajstić information content (AvgIpc) is 3.52. The Hall–Kier alpha value is -3.32. The quantitative estimate of drug-likeness (QED) is 0.279. The SMILES string of the molecule is CCCCCCCCCCCCC1=C2C3=C(C=C[C@]2(C)C(n2cnc(C#N)c2)=C1)[C@]1(C)CC=C(O)C=C1C=C3. The van der Waals surface area contributed by atoms with Crippen LogP contribution in [0.5, 0.6) is 0 Å². The molecule has 0 spiro atoms. The van der Waals surface area contributed by atoms with Crippen LogP contribution in [0.15, 0.2) is 88.7 Å². The smallest absolute Gasteiger partial charge is 0.158 e. The van der Waals surface area contributed by atoms with E-state index in [1.54, 1.807) is 6.33 Å². The number of nitriles is 1. The Bertz CT molecular complexity index is 1370. The number of unbranched alkanes of at least 4 members (excludes halogenated alkanes) is 9. The largest absolute Gasteiger partial charge is 0.508 e. The molecule has 0 amide bonds. The van der Waals surface area contributed by atoms with Crippen molar-refractivity contribution in [3.8, 4) is 6.07 Å². The number of aromatic nitrogens is 2. The van der Waals surface area contributed by atoms with E-state index < -0.39 is 0 Å². The zero-order valence-corrected chi connectivity index (χ0v) is 24.0. The van der Waals surface area contributed by atoms with Gasteiger partial charge in [0.25, 0.3) is 0 Å². The van der Waals surface area contributed by atoms with Crippen LogP contribution in [0.3, 0.4) is 0 Å². The van der Waals surface area contributed by atoms with E-state index >= 15 is 0 Å². The van der Waals surface area contributed by atoms with E-state index in [9.17, 15) is 10.4 Å². The molecule has 1 aromatic rings. The fourth-order valence-electron chi connectivity index (χ4n) is 6.93. The Morgan fingerprint density at radius 2 is 1.69 bits per heavy atom. The summed E-state index contributed by atoms with van der Waals surface area (Å²) >= 11 is 0. The van der Waals surface area contributed by atoms with E-state index in [0.29, 0.717) is 11.5 Å². The summed E-state index contributed by atoms with van der Waals surface area (Å²) in [4.78, 5) is 4.31. The Morgan fingerprint density at radius 1 is 0.974 bits per heavy atom. The van der Waals surface area contributed by atoms with E-state index in [4.69, 9.17) is 0 Å². The third-order valence-electron chi connectivity index (χ3n) is 9.29. The highest BCUT2D eigenvalue weighted by Gasteiger charge is 2.46. The van der Waals surface area contributed by atoms with Crippen molar-refractivity contribution in [3.05, 3.63) is 94.4 Å². The lowest BCUT2D eigenvalue weighted by Crippen LogP contribution is -2.31. The molecule has 0 saturated carbocycles. The number of imidazole rings is 1. The number of allylic oxidation sites excluding steroid dienone is 13. The predicted octanol–water partition coefficient (Wildman–Crippen LogP) is 9.44. The Balaban J connectivity index is 1.37. The topological polar surface area (TPSA) is 61.8 Å². The maximum absolute atomic E-state index is 10.2. The first-order chi connectivity index (χ1) is 18.9. The van der Waals surface area contributed by atoms with Crippen LogP contribution in [0.4, 0.5) is 0 Å². The molecule has 4 nitrogen and oxygen atoms in total. The molecule has 0 radical (unpaired) electrons. The van der Waals surface area contributed by atoms with E-state index in [1.165, 1.54) is 92.1 Å². The molecule has 2 atom stereocenters. The van der Waals surface area contributed by atoms with Crippen LogP contribution in [0.25, 0.3) is 5.70 Å². The molecule has 1 aromatic heterocycles. The molecule has 0 fully saturated rings. The van der Waals surface area contributed by atoms with Crippen LogP contribution >= 0.6 is 0 Å². The van der Waals surface area contributed by atoms with Gasteiger partial charge in [0.1, 0.15) is 18.2 Å². The summed E-state index contributed by atoms with van der Waals surface area (Å²) < 4.78 is 2.04. The lowest BCUT2D eigenvalue weighted by Gasteiger charge is -2.43. The average molecular weight is 522 g/mol. The molecule has 0 saturated heterocycles. The van der Waals surface area contributed by atoms with Crippen molar-refractivity contribution in [2.75, 3.05) is 0 Å². The van der Waals surface area contributed by atoms with Crippen LogP contribution in [0.1, 0.15) is 104 Å². The summed E-state index contributed by atoms with van der Waals surface area (Å²) in [5.41, 5.74) is 7.82. The molecule has 0 unspecified atom stereocenters. The number of aliphatic hydroxyl groups is 1. The summed E-state index contributed by atoms with van der Waals surface area (Å²) in [7, 11) is 0. The van der Waals surface area contributed by atoms with Gasteiger partial charge in [0, 0.05) is 17.3 Å². The van der Waals surface area contributed by atoms with Crippen molar-refractivity contribution in [1.29, 1.82) is 5.26 Å². The summed E-state index contributed by atoms with van der Waals surface area (Å²) in [6, 6.07) is 2.18. The molecule has 4 aliphatic carbocycles. The molecular formula is C35H43N3O. The lowest BCUT2D eigenvalue weighted by molar-refractivity contribution is 0.400. The summed E-state index contributed by atoms with van der Waals surface area (Å²) in [5.74, 6) is 0.361. The third kappa shape index (κ3) is 5.17. The standard InChI is InChI=1S/C35H43N3O/c1-4-5-6-7-8-9-10-11-12-13-14-26-21-32(38-24-28(23-36)37-25-38)35(3)20-18-31-30(33(26)35)16-15-27-22-29(39)17-19-34(27,31)2/h15-18,20-22,24-25,39H,4-14,19H2,1-3H3/t34-,35-/m1/s1. The minimum absolute atomic E-state index is 0.144. The Kier molecular flexibility index (Phi) is 7.98. The van der Waals surface area contributed by atoms with Gasteiger partial charge in [-0.25, -0.2) is 4.98 Å². The monoisotopic (exact) mass is 521 g/mol. The second kappa shape index (κ2) is 11.4. The lowest BCUT2D eigenvalue weighted by atomic mass is 9.61. The zero-order chi connectivity index (χ0) is 27.5. The number of hydrogen-bond donors (Lipinski definition) is 1. The second-order valence-corrected chi connectivity index (χ2v) is 12.1. The van der Waals surface area contributed by atoms with Crippen molar-refractivity contribution < 1.29 is 5.11 Å². The molecule has 204 valence electrons. The van der Waals surface area contributed by atoms with E-state index in [1.807, 2.05) is 22.9 Å². The van der Waals surface area contributed by atoms with Gasteiger partial charge in [0.15, 0.2) is 5.69 Å². The maximum Gasteiger partial charge on any atom is 0.158 e. The molecule has 0 aromatic carbocycles. The number of aliphatic hydroxyl groups excluding tert-OH is 1. The Labute approximate surface area is 234 Å². The highest BCUT2D eigenvalue weighted by molar-refractivity contribution is 5.80. The molecule has 5 rings (SSSR count). The van der Waals surface area contributed by atoms with Crippen molar-refractivity contribution in [2.45, 2.75) is 97.8 Å².